The standard InChI is InChI=1S/C51H50N6O7/c58-44-20-18-42(43-19-21-47(60)56-48(43)44)45(59)30-52-27-34-14-16-37(17-15-34)49(61)55-31-46-53-28-39(29-54-46)38-10-7-13-41(26-38)51(63,40-11-5-2-6-12-40)50(62)64-33-36-22-24-57(25-23-36)32-35-8-3-1-4-9-35/h1-21,26,28-29,36,45,52,58-59,63H,22-25,27,30-33H2,(H,55,61)(H,56,60). The Hall–Kier alpha value is -7.03. The number of pyridine rings is 1. The molecule has 7 aromatic rings. The predicted octanol–water partition coefficient (Wildman–Crippen LogP) is 6.14. The lowest BCUT2D eigenvalue weighted by atomic mass is 9.85. The lowest BCUT2D eigenvalue weighted by molar-refractivity contribution is -0.164. The van der Waals surface area contributed by atoms with Crippen molar-refractivity contribution in [1.82, 2.24) is 30.5 Å². The molecule has 0 bridgehead atoms. The van der Waals surface area contributed by atoms with E-state index in [0.29, 0.717) is 51.1 Å². The van der Waals surface area contributed by atoms with Crippen molar-refractivity contribution in [3.8, 4) is 16.9 Å². The number of H-pyrrole nitrogens is 1. The smallest absolute Gasteiger partial charge is 0.347 e. The van der Waals surface area contributed by atoms with Crippen LogP contribution in [0.5, 0.6) is 5.75 Å². The number of rotatable bonds is 16. The van der Waals surface area contributed by atoms with Crippen molar-refractivity contribution in [2.75, 3.05) is 26.2 Å². The van der Waals surface area contributed by atoms with E-state index in [1.165, 1.54) is 17.7 Å². The number of esters is 1. The first-order valence-electron chi connectivity index (χ1n) is 21.4. The topological polar surface area (TPSA) is 190 Å². The molecule has 13 nitrogen and oxygen atoms in total. The van der Waals surface area contributed by atoms with Gasteiger partial charge in [-0.25, -0.2) is 14.8 Å². The first-order valence-corrected chi connectivity index (χ1v) is 21.4. The number of aromatic hydroxyl groups is 1. The summed E-state index contributed by atoms with van der Waals surface area (Å²) in [6.07, 6.45) is 4.18. The predicted molar refractivity (Wildman–Crippen MR) is 243 cm³/mol. The van der Waals surface area contributed by atoms with Crippen LogP contribution in [0.4, 0.5) is 0 Å². The molecular formula is C51H50N6O7. The van der Waals surface area contributed by atoms with E-state index >= 15 is 0 Å². The fraction of sp³-hybridized carbons (Fsp3) is 0.235. The molecule has 5 aromatic carbocycles. The van der Waals surface area contributed by atoms with Crippen LogP contribution >= 0.6 is 0 Å². The van der Waals surface area contributed by atoms with Gasteiger partial charge in [-0.1, -0.05) is 97.1 Å². The van der Waals surface area contributed by atoms with Crippen molar-refractivity contribution < 1.29 is 29.6 Å². The number of nitrogens with zero attached hydrogens (tertiary/aromatic N) is 3. The minimum Gasteiger partial charge on any atom is -0.506 e. The number of piperidine rings is 1. The number of ether oxygens (including phenoxy) is 1. The fourth-order valence-electron chi connectivity index (χ4n) is 8.10. The van der Waals surface area contributed by atoms with E-state index in [9.17, 15) is 29.7 Å². The maximum atomic E-state index is 13.9. The van der Waals surface area contributed by atoms with E-state index in [4.69, 9.17) is 4.74 Å². The van der Waals surface area contributed by atoms with Crippen molar-refractivity contribution in [1.29, 1.82) is 0 Å². The third-order valence-electron chi connectivity index (χ3n) is 11.8. The number of aliphatic hydroxyl groups excluding tert-OH is 1. The Kier molecular flexibility index (Phi) is 13.6. The molecule has 0 spiro atoms. The Morgan fingerprint density at radius 3 is 2.23 bits per heavy atom. The number of aromatic nitrogens is 3. The number of phenolic OH excluding ortho intramolecular Hbond substituents is 1. The number of amides is 1. The van der Waals surface area contributed by atoms with Gasteiger partial charge in [0, 0.05) is 60.2 Å². The van der Waals surface area contributed by atoms with Crippen LogP contribution < -0.4 is 16.2 Å². The number of aromatic amines is 1. The van der Waals surface area contributed by atoms with Crippen molar-refractivity contribution in [2.45, 2.75) is 44.2 Å². The molecule has 0 aliphatic carbocycles. The summed E-state index contributed by atoms with van der Waals surface area (Å²) in [5.74, 6) is -0.504. The third kappa shape index (κ3) is 10.3. The summed E-state index contributed by atoms with van der Waals surface area (Å²) >= 11 is 0. The molecule has 2 atom stereocenters. The minimum absolute atomic E-state index is 0.0718. The first-order chi connectivity index (χ1) is 31.1. The normalized spacial score (nSPS) is 14.7. The molecule has 6 N–H and O–H groups in total. The maximum Gasteiger partial charge on any atom is 0.347 e. The van der Waals surface area contributed by atoms with Gasteiger partial charge in [0.1, 0.15) is 11.6 Å². The Bertz CT molecular complexity index is 2740. The zero-order valence-corrected chi connectivity index (χ0v) is 35.2. The van der Waals surface area contributed by atoms with Gasteiger partial charge in [0.25, 0.3) is 5.91 Å². The highest BCUT2D eigenvalue weighted by Crippen LogP contribution is 2.34. The van der Waals surface area contributed by atoms with Gasteiger partial charge in [-0.2, -0.15) is 0 Å². The molecule has 1 amide bonds. The number of nitrogens with one attached hydrogen (secondary N) is 3. The summed E-state index contributed by atoms with van der Waals surface area (Å²) in [6, 6.07) is 39.4. The van der Waals surface area contributed by atoms with Crippen LogP contribution in [0.15, 0.2) is 151 Å². The Labute approximate surface area is 370 Å². The van der Waals surface area contributed by atoms with Crippen LogP contribution in [-0.2, 0) is 34.8 Å². The number of hydrogen-bond donors (Lipinski definition) is 6. The average Bonchev–Trinajstić information content (AvgIpc) is 3.34. The van der Waals surface area contributed by atoms with Crippen LogP contribution in [0.3, 0.4) is 0 Å². The second-order valence-electron chi connectivity index (χ2n) is 16.2. The van der Waals surface area contributed by atoms with Crippen LogP contribution in [0, 0.1) is 5.92 Å². The molecule has 1 saturated heterocycles. The van der Waals surface area contributed by atoms with Gasteiger partial charge >= 0.3 is 5.97 Å². The summed E-state index contributed by atoms with van der Waals surface area (Å²) in [6.45, 7) is 3.67. The quantitative estimate of drug-likeness (QED) is 0.0613. The van der Waals surface area contributed by atoms with E-state index in [2.05, 4.69) is 54.8 Å². The second-order valence-corrected chi connectivity index (χ2v) is 16.2. The van der Waals surface area contributed by atoms with E-state index in [-0.39, 0.29) is 48.3 Å². The molecule has 64 heavy (non-hydrogen) atoms. The third-order valence-corrected chi connectivity index (χ3v) is 11.8. The SMILES string of the molecule is O=C(NCc1ncc(-c2cccc(C(O)(C(=O)OCC3CCN(Cc4ccccc4)CC3)c3ccccc3)c2)cn1)c1ccc(CNCC(O)c2ccc(O)c3[nH]c(=O)ccc23)cc1. The number of phenols is 1. The lowest BCUT2D eigenvalue weighted by Crippen LogP contribution is -2.40. The highest BCUT2D eigenvalue weighted by Gasteiger charge is 2.42. The van der Waals surface area contributed by atoms with Gasteiger partial charge in [-0.3, -0.25) is 14.5 Å². The van der Waals surface area contributed by atoms with Crippen LogP contribution in [0.2, 0.25) is 0 Å². The van der Waals surface area contributed by atoms with Crippen molar-refractivity contribution >= 4 is 22.8 Å². The molecule has 326 valence electrons. The second kappa shape index (κ2) is 20.0. The van der Waals surface area contributed by atoms with Gasteiger partial charge < -0.3 is 35.7 Å². The van der Waals surface area contributed by atoms with Crippen LogP contribution in [0.25, 0.3) is 22.0 Å². The van der Waals surface area contributed by atoms with Crippen LogP contribution in [-0.4, -0.2) is 73.3 Å². The van der Waals surface area contributed by atoms with Gasteiger partial charge in [0.05, 0.1) is 24.8 Å². The Balaban J connectivity index is 0.841. The first kappa shape index (κ1) is 43.6. The van der Waals surface area contributed by atoms with Crippen molar-refractivity contribution in [3.63, 3.8) is 0 Å². The molecule has 13 heteroatoms. The summed E-state index contributed by atoms with van der Waals surface area (Å²) in [5, 5.41) is 39.9. The highest BCUT2D eigenvalue weighted by atomic mass is 16.5. The van der Waals surface area contributed by atoms with Gasteiger partial charge in [0.2, 0.25) is 11.2 Å². The van der Waals surface area contributed by atoms with Crippen molar-refractivity contribution in [2.24, 2.45) is 5.92 Å². The Morgan fingerprint density at radius 1 is 0.797 bits per heavy atom. The zero-order chi connectivity index (χ0) is 44.5. The highest BCUT2D eigenvalue weighted by molar-refractivity contribution is 5.94. The summed E-state index contributed by atoms with van der Waals surface area (Å²) in [4.78, 5) is 52.7. The van der Waals surface area contributed by atoms with Crippen LogP contribution in [0.1, 0.15) is 62.9 Å². The van der Waals surface area contributed by atoms with Crippen molar-refractivity contribution in [3.05, 3.63) is 195 Å². The number of hydrogen-bond acceptors (Lipinski definition) is 11. The van der Waals surface area contributed by atoms with Gasteiger partial charge in [0.15, 0.2) is 0 Å². The molecule has 1 aliphatic rings. The number of benzene rings is 5. The molecule has 3 heterocycles. The lowest BCUT2D eigenvalue weighted by Gasteiger charge is -2.33. The number of carbonyl (C=O) groups is 2. The van der Waals surface area contributed by atoms with E-state index in [1.54, 1.807) is 79.1 Å². The zero-order valence-electron chi connectivity index (χ0n) is 35.2. The monoisotopic (exact) mass is 858 g/mol. The van der Waals surface area contributed by atoms with E-state index in [1.807, 2.05) is 30.3 Å². The van der Waals surface area contributed by atoms with Gasteiger partial charge in [-0.15, -0.1) is 0 Å². The molecule has 1 fully saturated rings. The molecule has 1 aliphatic heterocycles. The molecule has 2 unspecified atom stereocenters. The molecule has 2 aromatic heterocycles. The molecule has 0 radical (unpaired) electrons. The average molecular weight is 859 g/mol. The molecule has 0 saturated carbocycles. The number of aliphatic hydroxyl groups is 2. The van der Waals surface area contributed by atoms with E-state index in [0.717, 1.165) is 38.0 Å². The number of likely N-dealkylation sites (tertiary alicyclic amines) is 1. The minimum atomic E-state index is -2.05. The summed E-state index contributed by atoms with van der Waals surface area (Å²) in [5.41, 5.74) is 3.19. The van der Waals surface area contributed by atoms with Gasteiger partial charge in [-0.05, 0) is 90.0 Å². The molecule has 8 rings (SSSR count). The Morgan fingerprint density at radius 2 is 1.50 bits per heavy atom. The number of carbonyl (C=O) groups excluding carboxylic acids is 2. The molecular weight excluding hydrogens is 809 g/mol. The summed E-state index contributed by atoms with van der Waals surface area (Å²) < 4.78 is 5.92. The maximum absolute atomic E-state index is 13.9. The largest absolute Gasteiger partial charge is 0.506 e. The number of fused-ring (bicyclic) bond motifs is 1. The fourth-order valence-corrected chi connectivity index (χ4v) is 8.10. The van der Waals surface area contributed by atoms with E-state index < -0.39 is 17.7 Å². The summed E-state index contributed by atoms with van der Waals surface area (Å²) in [7, 11) is 0.